The normalized spacial score (nSPS) is 11.4. The Morgan fingerprint density at radius 2 is 1.58 bits per heavy atom. The van der Waals surface area contributed by atoms with E-state index in [0.29, 0.717) is 22.2 Å². The van der Waals surface area contributed by atoms with Gasteiger partial charge in [-0.3, -0.25) is 14.3 Å². The van der Waals surface area contributed by atoms with Gasteiger partial charge in [-0.15, -0.1) is 0 Å². The van der Waals surface area contributed by atoms with Crippen LogP contribution in [0.1, 0.15) is 18.9 Å². The van der Waals surface area contributed by atoms with Crippen molar-refractivity contribution in [1.29, 1.82) is 0 Å². The molecule has 0 aliphatic rings. The van der Waals surface area contributed by atoms with Crippen LogP contribution in [0.25, 0.3) is 0 Å². The van der Waals surface area contributed by atoms with Crippen LogP contribution in [-0.4, -0.2) is 26.7 Å². The van der Waals surface area contributed by atoms with Gasteiger partial charge in [-0.2, -0.15) is 0 Å². The summed E-state index contributed by atoms with van der Waals surface area (Å²) >= 11 is 5.99. The van der Waals surface area contributed by atoms with Gasteiger partial charge in [-0.05, 0) is 73.2 Å². The maximum atomic E-state index is 13.3. The van der Waals surface area contributed by atoms with E-state index in [9.17, 15) is 18.8 Å². The van der Waals surface area contributed by atoms with Gasteiger partial charge in [0.15, 0.2) is 0 Å². The fourth-order valence-corrected chi connectivity index (χ4v) is 3.67. The Kier molecular flexibility index (Phi) is 8.55. The number of carbonyl (C=O) groups excluding carboxylic acids is 1. The van der Waals surface area contributed by atoms with Gasteiger partial charge in [0, 0.05) is 11.6 Å². The summed E-state index contributed by atoms with van der Waals surface area (Å²) in [5.41, 5.74) is -0.125. The summed E-state index contributed by atoms with van der Waals surface area (Å²) < 4.78 is 26.0. The molecule has 0 amide bonds. The first-order valence-electron chi connectivity index (χ1n) is 11.7. The van der Waals surface area contributed by atoms with Crippen LogP contribution < -0.4 is 21.7 Å². The molecule has 38 heavy (non-hydrogen) atoms. The largest absolute Gasteiger partial charge is 0.466 e. The number of ether oxygens (including phenoxy) is 2. The van der Waals surface area contributed by atoms with Crippen molar-refractivity contribution >= 4 is 23.3 Å². The molecule has 0 bridgehead atoms. The molecule has 4 aromatic rings. The molecule has 11 heteroatoms. The lowest BCUT2D eigenvalue weighted by Crippen LogP contribution is -2.50. The lowest BCUT2D eigenvalue weighted by molar-refractivity contribution is -0.143. The average Bonchev–Trinajstić information content (AvgIpc) is 2.90. The third-order valence-corrected chi connectivity index (χ3v) is 5.65. The van der Waals surface area contributed by atoms with Gasteiger partial charge in [0.2, 0.25) is 5.62 Å². The number of hydrogen-bond acceptors (Lipinski definition) is 6. The highest BCUT2D eigenvalue weighted by atomic mass is 35.5. The summed E-state index contributed by atoms with van der Waals surface area (Å²) in [6.45, 7) is 1.82. The van der Waals surface area contributed by atoms with Gasteiger partial charge in [0.25, 0.3) is 0 Å². The van der Waals surface area contributed by atoms with Crippen LogP contribution in [0.4, 0.5) is 10.1 Å². The zero-order valence-corrected chi connectivity index (χ0v) is 21.2. The van der Waals surface area contributed by atoms with Gasteiger partial charge in [0.05, 0.1) is 25.3 Å². The SMILES string of the molecule is CCOC(=O)CCn1c(=O)[nH]/c(=N\c2ccc(Oc3ccc(F)cc3)cc2)n(Cc2ccc(Cl)cc2)c1=O. The minimum Gasteiger partial charge on any atom is -0.466 e. The van der Waals surface area contributed by atoms with Crippen molar-refractivity contribution < 1.29 is 18.7 Å². The van der Waals surface area contributed by atoms with Crippen LogP contribution in [0.15, 0.2) is 87.4 Å². The van der Waals surface area contributed by atoms with Crippen molar-refractivity contribution in [2.24, 2.45) is 4.99 Å². The van der Waals surface area contributed by atoms with E-state index in [4.69, 9.17) is 21.1 Å². The van der Waals surface area contributed by atoms with Crippen molar-refractivity contribution in [2.75, 3.05) is 6.61 Å². The molecule has 0 saturated heterocycles. The second-order valence-corrected chi connectivity index (χ2v) is 8.55. The lowest BCUT2D eigenvalue weighted by Gasteiger charge is -2.11. The Hall–Kier alpha value is -4.44. The van der Waals surface area contributed by atoms with Gasteiger partial charge in [0.1, 0.15) is 17.3 Å². The maximum absolute atomic E-state index is 13.3. The molecule has 1 heterocycles. The van der Waals surface area contributed by atoms with Gasteiger partial charge in [-0.25, -0.2) is 23.5 Å². The number of esters is 1. The molecule has 4 rings (SSSR count). The van der Waals surface area contributed by atoms with Crippen LogP contribution in [0, 0.1) is 5.82 Å². The summed E-state index contributed by atoms with van der Waals surface area (Å²) in [7, 11) is 0. The third-order valence-electron chi connectivity index (χ3n) is 5.40. The fourth-order valence-electron chi connectivity index (χ4n) is 3.54. The first kappa shape index (κ1) is 26.6. The van der Waals surface area contributed by atoms with E-state index in [0.717, 1.165) is 10.1 Å². The second-order valence-electron chi connectivity index (χ2n) is 8.12. The number of halogens is 2. The Labute approximate surface area is 221 Å². The molecule has 3 aromatic carbocycles. The number of carbonyl (C=O) groups is 1. The van der Waals surface area contributed by atoms with E-state index in [2.05, 4.69) is 9.98 Å². The van der Waals surface area contributed by atoms with E-state index in [1.807, 2.05) is 0 Å². The first-order valence-corrected chi connectivity index (χ1v) is 12.1. The molecule has 0 saturated carbocycles. The highest BCUT2D eigenvalue weighted by Crippen LogP contribution is 2.24. The summed E-state index contributed by atoms with van der Waals surface area (Å²) in [6.07, 6.45) is -0.135. The third kappa shape index (κ3) is 6.86. The summed E-state index contributed by atoms with van der Waals surface area (Å²) in [6, 6.07) is 19.1. The summed E-state index contributed by atoms with van der Waals surface area (Å²) in [4.78, 5) is 45.0. The number of benzene rings is 3. The highest BCUT2D eigenvalue weighted by molar-refractivity contribution is 6.30. The molecule has 9 nitrogen and oxygen atoms in total. The van der Waals surface area contributed by atoms with Crippen LogP contribution >= 0.6 is 11.6 Å². The number of aromatic amines is 1. The van der Waals surface area contributed by atoms with Crippen molar-refractivity contribution in [3.05, 3.63) is 116 Å². The molecule has 0 radical (unpaired) electrons. The zero-order chi connectivity index (χ0) is 27.1. The molecule has 196 valence electrons. The van der Waals surface area contributed by atoms with E-state index in [1.54, 1.807) is 55.5 Å². The van der Waals surface area contributed by atoms with Crippen LogP contribution in [0.2, 0.25) is 5.02 Å². The minimum atomic E-state index is -0.707. The molecule has 1 aromatic heterocycles. The Morgan fingerprint density at radius 3 is 2.21 bits per heavy atom. The van der Waals surface area contributed by atoms with Crippen molar-refractivity contribution in [3.8, 4) is 11.5 Å². The zero-order valence-electron chi connectivity index (χ0n) is 20.4. The molecule has 0 unspecified atom stereocenters. The van der Waals surface area contributed by atoms with Gasteiger partial charge in [-0.1, -0.05) is 23.7 Å². The molecule has 0 spiro atoms. The van der Waals surface area contributed by atoms with Crippen LogP contribution in [-0.2, 0) is 22.6 Å². The van der Waals surface area contributed by atoms with Crippen molar-refractivity contribution in [2.45, 2.75) is 26.4 Å². The quantitative estimate of drug-likeness (QED) is 0.322. The van der Waals surface area contributed by atoms with Gasteiger partial charge < -0.3 is 9.47 Å². The minimum absolute atomic E-state index is 0.0227. The fraction of sp³-hybridized carbons (Fsp3) is 0.185. The molecule has 0 aliphatic heterocycles. The predicted octanol–water partition coefficient (Wildman–Crippen LogP) is 4.16. The summed E-state index contributed by atoms with van der Waals surface area (Å²) in [5, 5.41) is 0.542. The Morgan fingerprint density at radius 1 is 0.947 bits per heavy atom. The lowest BCUT2D eigenvalue weighted by atomic mass is 10.2. The van der Waals surface area contributed by atoms with E-state index < -0.39 is 17.3 Å². The molecular weight excluding hydrogens is 515 g/mol. The van der Waals surface area contributed by atoms with Crippen LogP contribution in [0.5, 0.6) is 11.5 Å². The Bertz CT molecular complexity index is 1590. The number of H-pyrrole nitrogens is 1. The van der Waals surface area contributed by atoms with E-state index >= 15 is 0 Å². The van der Waals surface area contributed by atoms with E-state index in [1.165, 1.54) is 28.8 Å². The number of nitrogens with zero attached hydrogens (tertiary/aromatic N) is 3. The van der Waals surface area contributed by atoms with Crippen molar-refractivity contribution in [1.82, 2.24) is 14.1 Å². The standard InChI is InChI=1S/C27H24ClFN4O5/c1-2-37-24(34)15-16-32-26(35)31-25(33(27(32)36)17-18-3-5-19(28)6-4-18)30-21-9-13-23(14-10-21)38-22-11-7-20(29)8-12-22/h3-14H,2,15-17H2,1H3,(H,30,31,35). The molecule has 0 fully saturated rings. The average molecular weight is 539 g/mol. The highest BCUT2D eigenvalue weighted by Gasteiger charge is 2.12. The molecule has 1 N–H and O–H groups in total. The monoisotopic (exact) mass is 538 g/mol. The maximum Gasteiger partial charge on any atom is 0.335 e. The van der Waals surface area contributed by atoms with Crippen molar-refractivity contribution in [3.63, 3.8) is 0 Å². The number of hydrogen-bond donors (Lipinski definition) is 1. The van der Waals surface area contributed by atoms with E-state index in [-0.39, 0.29) is 37.6 Å². The number of rotatable bonds is 9. The predicted molar refractivity (Wildman–Crippen MR) is 139 cm³/mol. The smallest absolute Gasteiger partial charge is 0.335 e. The van der Waals surface area contributed by atoms with Crippen LogP contribution in [0.3, 0.4) is 0 Å². The molecule has 0 aliphatic carbocycles. The summed E-state index contributed by atoms with van der Waals surface area (Å²) in [5.74, 6) is 0.0788. The number of nitrogens with one attached hydrogen (secondary N) is 1. The first-order chi connectivity index (χ1) is 18.3. The van der Waals surface area contributed by atoms with Gasteiger partial charge >= 0.3 is 17.3 Å². The molecule has 0 atom stereocenters. The topological polar surface area (TPSA) is 108 Å². The number of aromatic nitrogens is 3. The molecular formula is C27H24ClFN4O5. The Balaban J connectivity index is 1.69. The second kappa shape index (κ2) is 12.2.